The highest BCUT2D eigenvalue weighted by Crippen LogP contribution is 2.09. The van der Waals surface area contributed by atoms with E-state index in [2.05, 4.69) is 15.1 Å². The quantitative estimate of drug-likeness (QED) is 0.587. The van der Waals surface area contributed by atoms with E-state index in [1.54, 1.807) is 0 Å². The zero-order valence-electron chi connectivity index (χ0n) is 10.2. The summed E-state index contributed by atoms with van der Waals surface area (Å²) in [5.41, 5.74) is -0.565. The van der Waals surface area contributed by atoms with Crippen molar-refractivity contribution in [2.75, 3.05) is 0 Å². The predicted octanol–water partition coefficient (Wildman–Crippen LogP) is 0.138. The highest BCUT2D eigenvalue weighted by molar-refractivity contribution is 5.31. The molecule has 0 aromatic carbocycles. The van der Waals surface area contributed by atoms with Gasteiger partial charge in [0.15, 0.2) is 0 Å². The zero-order valence-corrected chi connectivity index (χ0v) is 5.24. The summed E-state index contributed by atoms with van der Waals surface area (Å²) in [5, 5.41) is 13.0. The smallest absolute Gasteiger partial charge is 0.255 e. The molecule has 2 rings (SSSR count). The molecule has 5 heteroatoms. The second kappa shape index (κ2) is 1.91. The van der Waals surface area contributed by atoms with E-state index in [-0.39, 0.29) is 5.78 Å². The Morgan fingerprint density at radius 2 is 2.73 bits per heavy atom. The van der Waals surface area contributed by atoms with Gasteiger partial charge in [-0.15, -0.1) is 0 Å². The molecule has 2 aromatic heterocycles. The normalized spacial score (nSPS) is 18.4. The predicted molar refractivity (Wildman–Crippen MR) is 37.2 cm³/mol. The molecule has 0 bridgehead atoms. The van der Waals surface area contributed by atoms with Crippen LogP contribution in [0.5, 0.6) is 5.88 Å². The molecular weight excluding hydrogens is 144 g/mol. The molecule has 0 saturated heterocycles. The second-order valence-electron chi connectivity index (χ2n) is 1.83. The van der Waals surface area contributed by atoms with E-state index in [1.807, 2.05) is 0 Å². The van der Waals surface area contributed by atoms with Crippen molar-refractivity contribution in [2.24, 2.45) is 0 Å². The number of fused-ring (bicyclic) bond motifs is 1. The molecule has 0 aliphatic rings. The fourth-order valence-corrected chi connectivity index (χ4v) is 0.705. The van der Waals surface area contributed by atoms with Gasteiger partial charge >= 0.3 is 0 Å². The van der Waals surface area contributed by atoms with E-state index in [0.717, 1.165) is 4.52 Å². The molecule has 5 nitrogen and oxygen atoms in total. The van der Waals surface area contributed by atoms with Crippen LogP contribution in [0.3, 0.4) is 0 Å². The van der Waals surface area contributed by atoms with Crippen molar-refractivity contribution in [3.8, 4) is 5.88 Å². The summed E-state index contributed by atoms with van der Waals surface area (Å²) in [6.07, 6.45) is -0.412. The minimum atomic E-state index is -2.62. The first-order valence-corrected chi connectivity index (χ1v) is 2.74. The number of aromatic nitrogens is 4. The molecule has 0 saturated carbocycles. The van der Waals surface area contributed by atoms with Crippen molar-refractivity contribution in [3.63, 3.8) is 0 Å². The molecule has 2 aromatic rings. The fraction of sp³-hybridized carbons (Fsp3) is 0.167. The minimum Gasteiger partial charge on any atom is -0.493 e. The molecule has 0 amide bonds. The third-order valence-corrected chi connectivity index (χ3v) is 1.13. The number of hydrogen-bond acceptors (Lipinski definition) is 4. The van der Waals surface area contributed by atoms with Crippen molar-refractivity contribution in [1.82, 2.24) is 19.6 Å². The molecule has 0 spiro atoms. The van der Waals surface area contributed by atoms with Gasteiger partial charge < -0.3 is 5.11 Å². The van der Waals surface area contributed by atoms with Crippen LogP contribution in [-0.4, -0.2) is 24.7 Å². The summed E-state index contributed by atoms with van der Waals surface area (Å²) in [6, 6.07) is -0.641. The van der Waals surface area contributed by atoms with Crippen LogP contribution in [0, 0.1) is 6.85 Å². The molecule has 0 aliphatic heterocycles. The second-order valence-corrected chi connectivity index (χ2v) is 1.83. The van der Waals surface area contributed by atoms with Crippen LogP contribution in [0.1, 0.15) is 12.5 Å². The molecule has 0 unspecified atom stereocenters. The van der Waals surface area contributed by atoms with E-state index >= 15 is 0 Å². The lowest BCUT2D eigenvalue weighted by Crippen LogP contribution is -1.93. The molecule has 0 radical (unpaired) electrons. The van der Waals surface area contributed by atoms with Crippen LogP contribution in [0.2, 0.25) is 0 Å². The van der Waals surface area contributed by atoms with E-state index in [1.165, 1.54) is 0 Å². The van der Waals surface area contributed by atoms with E-state index in [9.17, 15) is 5.11 Å². The lowest BCUT2D eigenvalue weighted by atomic mass is 10.4. The van der Waals surface area contributed by atoms with Crippen molar-refractivity contribution in [3.05, 3.63) is 18.0 Å². The summed E-state index contributed by atoms with van der Waals surface area (Å²) >= 11 is 0. The summed E-state index contributed by atoms with van der Waals surface area (Å²) < 4.78 is 36.7. The van der Waals surface area contributed by atoms with Crippen LogP contribution in [-0.2, 0) is 0 Å². The molecular formula is C6H6N4O. The van der Waals surface area contributed by atoms with Gasteiger partial charge in [0.05, 0.1) is 1.37 Å². The summed E-state index contributed by atoms with van der Waals surface area (Å²) in [7, 11) is 0. The Kier molecular flexibility index (Phi) is 0.482. The first-order valence-electron chi connectivity index (χ1n) is 5.24. The van der Waals surface area contributed by atoms with Gasteiger partial charge in [0.2, 0.25) is 5.88 Å². The molecule has 56 valence electrons. The maximum Gasteiger partial charge on any atom is 0.255 e. The topological polar surface area (TPSA) is 63.3 Å². The Morgan fingerprint density at radius 3 is 3.55 bits per heavy atom. The lowest BCUT2D eigenvalue weighted by molar-refractivity contribution is 0.434. The highest BCUT2D eigenvalue weighted by atomic mass is 16.3. The molecule has 11 heavy (non-hydrogen) atoms. The van der Waals surface area contributed by atoms with Crippen molar-refractivity contribution < 1.29 is 12.0 Å². The standard InChI is InChI=1S/C6H6N4O/c1-4-2-5(11)10-6(9-4)7-3-8-10/h2-3,11H,1H3/i1D3,2D,3D. The van der Waals surface area contributed by atoms with E-state index in [4.69, 9.17) is 6.85 Å². The monoisotopic (exact) mass is 155 g/mol. The molecule has 0 fully saturated rings. The van der Waals surface area contributed by atoms with Gasteiger partial charge in [0.1, 0.15) is 7.67 Å². The maximum absolute atomic E-state index is 9.52. The Balaban J connectivity index is 2.83. The molecule has 0 atom stereocenters. The molecule has 0 aliphatic carbocycles. The average molecular weight is 155 g/mol. The van der Waals surface area contributed by atoms with Crippen LogP contribution in [0.4, 0.5) is 0 Å². The van der Waals surface area contributed by atoms with Gasteiger partial charge in [-0.3, -0.25) is 0 Å². The van der Waals surface area contributed by atoms with Crippen LogP contribution in [0.25, 0.3) is 5.78 Å². The Morgan fingerprint density at radius 1 is 1.82 bits per heavy atom. The number of hydrogen-bond donors (Lipinski definition) is 1. The average Bonchev–Trinajstić information content (AvgIpc) is 2.51. The highest BCUT2D eigenvalue weighted by Gasteiger charge is 2.01. The van der Waals surface area contributed by atoms with Gasteiger partial charge in [-0.25, -0.2) is 4.98 Å². The van der Waals surface area contributed by atoms with Crippen LogP contribution < -0.4 is 0 Å². The first-order chi connectivity index (χ1) is 7.30. The number of aromatic hydroxyl groups is 1. The summed E-state index contributed by atoms with van der Waals surface area (Å²) in [4.78, 5) is 7.09. The summed E-state index contributed by atoms with van der Waals surface area (Å²) in [5.74, 6) is -0.910. The van der Waals surface area contributed by atoms with Crippen LogP contribution >= 0.6 is 0 Å². The lowest BCUT2D eigenvalue weighted by Gasteiger charge is -1.95. The SMILES string of the molecule is [2H]c1nc2nc(C([2H])([2H])[2H])c([2H])c(O)n2n1. The van der Waals surface area contributed by atoms with Gasteiger partial charge in [-0.2, -0.15) is 14.6 Å². The Labute approximate surface area is 69.4 Å². The van der Waals surface area contributed by atoms with Crippen LogP contribution in [0.15, 0.2) is 12.3 Å². The molecule has 1 N–H and O–H groups in total. The van der Waals surface area contributed by atoms with Crippen molar-refractivity contribution in [2.45, 2.75) is 6.85 Å². The fourth-order valence-electron chi connectivity index (χ4n) is 0.705. The third kappa shape index (κ3) is 0.813. The summed E-state index contributed by atoms with van der Waals surface area (Å²) in [6.45, 7) is -2.62. The maximum atomic E-state index is 9.52. The van der Waals surface area contributed by atoms with Gasteiger partial charge in [0.25, 0.3) is 5.78 Å². The number of nitrogens with zero attached hydrogens (tertiary/aromatic N) is 4. The minimum absolute atomic E-state index is 0.218. The van der Waals surface area contributed by atoms with Crippen molar-refractivity contribution >= 4 is 5.78 Å². The van der Waals surface area contributed by atoms with Gasteiger partial charge in [-0.1, -0.05) is 0 Å². The Bertz CT molecular complexity index is 562. The first kappa shape index (κ1) is 2.77. The number of rotatable bonds is 0. The molecule has 2 heterocycles. The van der Waals surface area contributed by atoms with E-state index in [0.29, 0.717) is 0 Å². The number of aryl methyl sites for hydroxylation is 1. The van der Waals surface area contributed by atoms with Crippen molar-refractivity contribution in [1.29, 1.82) is 0 Å². The zero-order chi connectivity index (χ0) is 12.1. The van der Waals surface area contributed by atoms with Gasteiger partial charge in [0, 0.05) is 15.8 Å². The third-order valence-electron chi connectivity index (χ3n) is 1.13. The van der Waals surface area contributed by atoms with E-state index < -0.39 is 30.8 Å². The van der Waals surface area contributed by atoms with Gasteiger partial charge in [-0.05, 0) is 6.85 Å². The Hall–Kier alpha value is -1.65. The largest absolute Gasteiger partial charge is 0.493 e.